The Morgan fingerprint density at radius 3 is 2.52 bits per heavy atom. The van der Waals surface area contributed by atoms with Gasteiger partial charge in [0, 0.05) is 12.6 Å². The summed E-state index contributed by atoms with van der Waals surface area (Å²) in [4.78, 5) is 0.150. The van der Waals surface area contributed by atoms with Crippen molar-refractivity contribution in [3.63, 3.8) is 0 Å². The fourth-order valence-corrected chi connectivity index (χ4v) is 3.66. The number of hydrogen-bond donors (Lipinski definition) is 2. The van der Waals surface area contributed by atoms with E-state index in [0.29, 0.717) is 18.8 Å². The lowest BCUT2D eigenvalue weighted by molar-refractivity contribution is 0.263. The first-order valence-corrected chi connectivity index (χ1v) is 9.34. The Balaban J connectivity index is 2.81. The Kier molecular flexibility index (Phi) is 6.46. The van der Waals surface area contributed by atoms with Gasteiger partial charge in [-0.2, -0.15) is 0 Å². The van der Waals surface area contributed by atoms with Crippen molar-refractivity contribution in [3.8, 4) is 0 Å². The van der Waals surface area contributed by atoms with Crippen LogP contribution < -0.4 is 10.0 Å². The number of nitrogens with one attached hydrogen (secondary N) is 2. The standard InChI is InChI=1S/C14H25BrN2O3S/c1-6-16-9-11-7-12(13(15)20-11)21(18,19)17-8-10(2)14(3,4)5/h7,10,16-17H,6,8-9H2,1-5H3. The second-order valence-electron chi connectivity index (χ2n) is 6.25. The lowest BCUT2D eigenvalue weighted by atomic mass is 9.82. The second kappa shape index (κ2) is 7.26. The van der Waals surface area contributed by atoms with E-state index < -0.39 is 10.0 Å². The van der Waals surface area contributed by atoms with Crippen molar-refractivity contribution >= 4 is 26.0 Å². The lowest BCUT2D eigenvalue weighted by Crippen LogP contribution is -2.33. The minimum atomic E-state index is -3.57. The molecule has 1 rings (SSSR count). The largest absolute Gasteiger partial charge is 0.452 e. The number of halogens is 1. The first-order valence-electron chi connectivity index (χ1n) is 7.06. The van der Waals surface area contributed by atoms with Gasteiger partial charge in [0.25, 0.3) is 0 Å². The number of rotatable bonds is 7. The minimum Gasteiger partial charge on any atom is -0.452 e. The number of furan rings is 1. The Morgan fingerprint density at radius 1 is 1.38 bits per heavy atom. The summed E-state index contributed by atoms with van der Waals surface area (Å²) < 4.78 is 33.0. The van der Waals surface area contributed by atoms with Crippen molar-refractivity contribution < 1.29 is 12.8 Å². The summed E-state index contributed by atoms with van der Waals surface area (Å²) >= 11 is 3.18. The Labute approximate surface area is 136 Å². The molecule has 1 unspecified atom stereocenters. The summed E-state index contributed by atoms with van der Waals surface area (Å²) in [6.07, 6.45) is 0. The van der Waals surface area contributed by atoms with E-state index in [9.17, 15) is 8.42 Å². The summed E-state index contributed by atoms with van der Waals surface area (Å²) in [6.45, 7) is 12.0. The van der Waals surface area contributed by atoms with Crippen LogP contribution in [0.5, 0.6) is 0 Å². The van der Waals surface area contributed by atoms with Crippen LogP contribution in [-0.2, 0) is 16.6 Å². The molecule has 0 bridgehead atoms. The molecule has 21 heavy (non-hydrogen) atoms. The van der Waals surface area contributed by atoms with E-state index in [0.717, 1.165) is 6.54 Å². The monoisotopic (exact) mass is 380 g/mol. The van der Waals surface area contributed by atoms with E-state index >= 15 is 0 Å². The van der Waals surface area contributed by atoms with Crippen molar-refractivity contribution in [3.05, 3.63) is 16.5 Å². The molecule has 0 aliphatic heterocycles. The topological polar surface area (TPSA) is 71.3 Å². The van der Waals surface area contributed by atoms with Gasteiger partial charge in [-0.25, -0.2) is 13.1 Å². The Bertz CT molecular complexity index is 561. The predicted octanol–water partition coefficient (Wildman–Crippen LogP) is 3.11. The molecule has 122 valence electrons. The number of sulfonamides is 1. The van der Waals surface area contributed by atoms with Gasteiger partial charge in [0.1, 0.15) is 10.7 Å². The van der Waals surface area contributed by atoms with Gasteiger partial charge in [-0.3, -0.25) is 0 Å². The summed E-state index contributed by atoms with van der Waals surface area (Å²) in [6, 6.07) is 1.55. The third-order valence-electron chi connectivity index (χ3n) is 3.60. The van der Waals surface area contributed by atoms with Gasteiger partial charge < -0.3 is 9.73 Å². The average Bonchev–Trinajstić information content (AvgIpc) is 2.74. The van der Waals surface area contributed by atoms with Gasteiger partial charge in [0.05, 0.1) is 6.54 Å². The zero-order chi connectivity index (χ0) is 16.3. The van der Waals surface area contributed by atoms with Crippen molar-refractivity contribution in [2.75, 3.05) is 13.1 Å². The first kappa shape index (κ1) is 18.7. The normalized spacial score (nSPS) is 14.4. The highest BCUT2D eigenvalue weighted by molar-refractivity contribution is 9.10. The average molecular weight is 381 g/mol. The molecular formula is C14H25BrN2O3S. The van der Waals surface area contributed by atoms with Crippen LogP contribution in [0.4, 0.5) is 0 Å². The van der Waals surface area contributed by atoms with Crippen LogP contribution in [0.2, 0.25) is 0 Å². The Morgan fingerprint density at radius 2 is 2.00 bits per heavy atom. The molecule has 7 heteroatoms. The minimum absolute atomic E-state index is 0.0480. The summed E-state index contributed by atoms with van der Waals surface area (Å²) in [5, 5.41) is 3.10. The highest BCUT2D eigenvalue weighted by atomic mass is 79.9. The molecular weight excluding hydrogens is 356 g/mol. The molecule has 1 heterocycles. The molecule has 0 saturated carbocycles. The molecule has 0 saturated heterocycles. The quantitative estimate of drug-likeness (QED) is 0.761. The molecule has 2 N–H and O–H groups in total. The molecule has 0 aliphatic carbocycles. The molecule has 1 aromatic heterocycles. The first-order chi connectivity index (χ1) is 9.58. The summed E-state index contributed by atoms with van der Waals surface area (Å²) in [5.41, 5.74) is 0.0480. The van der Waals surface area contributed by atoms with Gasteiger partial charge >= 0.3 is 0 Å². The van der Waals surface area contributed by atoms with E-state index in [4.69, 9.17) is 4.42 Å². The molecule has 0 radical (unpaired) electrons. The second-order valence-corrected chi connectivity index (χ2v) is 8.71. The molecule has 5 nitrogen and oxygen atoms in total. The highest BCUT2D eigenvalue weighted by Gasteiger charge is 2.26. The maximum atomic E-state index is 12.4. The van der Waals surface area contributed by atoms with Gasteiger partial charge in [-0.15, -0.1) is 0 Å². The van der Waals surface area contributed by atoms with Crippen LogP contribution in [0.25, 0.3) is 0 Å². The summed E-state index contributed by atoms with van der Waals surface area (Å²) in [5.74, 6) is 0.812. The maximum absolute atomic E-state index is 12.4. The van der Waals surface area contributed by atoms with Crippen molar-refractivity contribution in [2.24, 2.45) is 11.3 Å². The molecule has 0 aromatic carbocycles. The Hall–Kier alpha value is -0.370. The zero-order valence-electron chi connectivity index (χ0n) is 13.3. The molecule has 0 amide bonds. The van der Waals surface area contributed by atoms with E-state index in [1.807, 2.05) is 13.8 Å². The van der Waals surface area contributed by atoms with Crippen molar-refractivity contribution in [2.45, 2.75) is 46.1 Å². The van der Waals surface area contributed by atoms with Crippen LogP contribution in [0.1, 0.15) is 40.4 Å². The van der Waals surface area contributed by atoms with E-state index in [1.165, 1.54) is 0 Å². The molecule has 0 spiro atoms. The fourth-order valence-electron chi connectivity index (χ4n) is 1.53. The van der Waals surface area contributed by atoms with Crippen LogP contribution in [0, 0.1) is 11.3 Å². The summed E-state index contributed by atoms with van der Waals surface area (Å²) in [7, 11) is -3.57. The van der Waals surface area contributed by atoms with Crippen LogP contribution in [0.3, 0.4) is 0 Å². The third kappa shape index (κ3) is 5.39. The lowest BCUT2D eigenvalue weighted by Gasteiger charge is -2.27. The SMILES string of the molecule is CCNCc1cc(S(=O)(=O)NCC(C)C(C)(C)C)c(Br)o1. The predicted molar refractivity (Wildman–Crippen MR) is 87.6 cm³/mol. The molecule has 1 atom stereocenters. The zero-order valence-corrected chi connectivity index (χ0v) is 15.7. The van der Waals surface area contributed by atoms with Crippen molar-refractivity contribution in [1.29, 1.82) is 0 Å². The van der Waals surface area contributed by atoms with Gasteiger partial charge in [-0.1, -0.05) is 34.6 Å². The van der Waals surface area contributed by atoms with Gasteiger partial charge in [0.15, 0.2) is 4.67 Å². The van der Waals surface area contributed by atoms with Gasteiger partial charge in [0.2, 0.25) is 10.0 Å². The molecule has 1 aromatic rings. The molecule has 0 aliphatic rings. The van der Waals surface area contributed by atoms with E-state index in [-0.39, 0.29) is 20.9 Å². The van der Waals surface area contributed by atoms with Crippen molar-refractivity contribution in [1.82, 2.24) is 10.0 Å². The maximum Gasteiger partial charge on any atom is 0.244 e. The fraction of sp³-hybridized carbons (Fsp3) is 0.714. The van der Waals surface area contributed by atoms with Crippen LogP contribution in [-0.4, -0.2) is 21.5 Å². The third-order valence-corrected chi connectivity index (χ3v) is 5.88. The highest BCUT2D eigenvalue weighted by Crippen LogP contribution is 2.28. The smallest absolute Gasteiger partial charge is 0.244 e. The van der Waals surface area contributed by atoms with E-state index in [1.54, 1.807) is 6.07 Å². The van der Waals surface area contributed by atoms with E-state index in [2.05, 4.69) is 46.7 Å². The molecule has 0 fully saturated rings. The van der Waals surface area contributed by atoms with Gasteiger partial charge in [-0.05, 0) is 33.8 Å². The van der Waals surface area contributed by atoms with Crippen LogP contribution >= 0.6 is 15.9 Å². The van der Waals surface area contributed by atoms with Crippen LogP contribution in [0.15, 0.2) is 20.0 Å². The number of hydrogen-bond acceptors (Lipinski definition) is 4.